The fourth-order valence-corrected chi connectivity index (χ4v) is 3.44. The molecule has 4 rings (SSSR count). The smallest absolute Gasteiger partial charge is 0.371 e. The summed E-state index contributed by atoms with van der Waals surface area (Å²) in [6.45, 7) is 0.486. The van der Waals surface area contributed by atoms with E-state index in [-0.39, 0.29) is 23.3 Å². The number of likely N-dealkylation sites (tertiary alicyclic amines) is 1. The van der Waals surface area contributed by atoms with E-state index in [2.05, 4.69) is 5.32 Å². The van der Waals surface area contributed by atoms with Crippen molar-refractivity contribution < 1.29 is 28.3 Å². The van der Waals surface area contributed by atoms with E-state index in [1.54, 1.807) is 30.3 Å². The van der Waals surface area contributed by atoms with Gasteiger partial charge in [0.2, 0.25) is 11.7 Å². The Morgan fingerprint density at radius 2 is 1.96 bits per heavy atom. The molecule has 1 aromatic carbocycles. The molecule has 1 saturated heterocycles. The first-order valence-corrected chi connectivity index (χ1v) is 8.95. The van der Waals surface area contributed by atoms with Crippen molar-refractivity contribution in [2.45, 2.75) is 25.3 Å². The van der Waals surface area contributed by atoms with Crippen LogP contribution in [0.3, 0.4) is 0 Å². The van der Waals surface area contributed by atoms with Gasteiger partial charge in [-0.15, -0.1) is 0 Å². The number of fused-ring (bicyclic) bond motifs is 1. The molecule has 28 heavy (non-hydrogen) atoms. The number of piperidine rings is 1. The standard InChI is InChI=1S/C20H18N2O6/c23-18(14-4-1-2-8-22(14)19(24)16-5-3-9-27-16)21-13-6-7-15-12(10-13)11-17(28-15)20(25)26/h3,5-7,9-11,14H,1-2,4,8H2,(H,21,23)(H,25,26). The van der Waals surface area contributed by atoms with Crippen LogP contribution in [-0.2, 0) is 4.79 Å². The average Bonchev–Trinajstić information content (AvgIpc) is 3.37. The number of rotatable bonds is 4. The number of carboxylic acids is 1. The minimum Gasteiger partial charge on any atom is -0.475 e. The zero-order valence-corrected chi connectivity index (χ0v) is 14.9. The summed E-state index contributed by atoms with van der Waals surface area (Å²) in [5.74, 6) is -1.71. The lowest BCUT2D eigenvalue weighted by atomic mass is 10.0. The fourth-order valence-electron chi connectivity index (χ4n) is 3.44. The lowest BCUT2D eigenvalue weighted by molar-refractivity contribution is -0.121. The molecule has 0 aliphatic carbocycles. The maximum atomic E-state index is 12.8. The number of amides is 2. The Labute approximate surface area is 159 Å². The number of furan rings is 2. The van der Waals surface area contributed by atoms with E-state index in [0.717, 1.165) is 12.8 Å². The second-order valence-electron chi connectivity index (χ2n) is 6.65. The van der Waals surface area contributed by atoms with Crippen LogP contribution < -0.4 is 5.32 Å². The van der Waals surface area contributed by atoms with Gasteiger partial charge in [-0.3, -0.25) is 9.59 Å². The van der Waals surface area contributed by atoms with Crippen molar-refractivity contribution in [3.63, 3.8) is 0 Å². The predicted octanol–water partition coefficient (Wildman–Crippen LogP) is 3.36. The molecule has 1 atom stereocenters. The Balaban J connectivity index is 1.53. The SMILES string of the molecule is O=C(O)c1cc2cc(NC(=O)C3CCCCN3C(=O)c3ccco3)ccc2o1. The number of nitrogens with one attached hydrogen (secondary N) is 1. The van der Waals surface area contributed by atoms with Crippen molar-refractivity contribution in [1.29, 1.82) is 0 Å². The van der Waals surface area contributed by atoms with Crippen LogP contribution in [0.2, 0.25) is 0 Å². The van der Waals surface area contributed by atoms with Crippen LogP contribution in [0, 0.1) is 0 Å². The van der Waals surface area contributed by atoms with Crippen LogP contribution in [-0.4, -0.2) is 40.4 Å². The summed E-state index contributed by atoms with van der Waals surface area (Å²) >= 11 is 0. The summed E-state index contributed by atoms with van der Waals surface area (Å²) < 4.78 is 10.4. The molecule has 8 nitrogen and oxygen atoms in total. The van der Waals surface area contributed by atoms with Gasteiger partial charge >= 0.3 is 5.97 Å². The van der Waals surface area contributed by atoms with Crippen molar-refractivity contribution in [3.8, 4) is 0 Å². The molecule has 3 heterocycles. The highest BCUT2D eigenvalue weighted by molar-refractivity contribution is 6.01. The number of nitrogens with zero attached hydrogens (tertiary/aromatic N) is 1. The first-order valence-electron chi connectivity index (χ1n) is 8.95. The van der Waals surface area contributed by atoms with E-state index >= 15 is 0 Å². The molecule has 3 aromatic rings. The number of anilines is 1. The highest BCUT2D eigenvalue weighted by Crippen LogP contribution is 2.25. The molecule has 2 N–H and O–H groups in total. The number of carbonyl (C=O) groups is 3. The number of carbonyl (C=O) groups excluding carboxylic acids is 2. The molecule has 0 radical (unpaired) electrons. The van der Waals surface area contributed by atoms with Gasteiger partial charge in [0.15, 0.2) is 5.76 Å². The van der Waals surface area contributed by atoms with Gasteiger partial charge in [0.05, 0.1) is 6.26 Å². The maximum absolute atomic E-state index is 12.8. The highest BCUT2D eigenvalue weighted by Gasteiger charge is 2.33. The number of hydrogen-bond acceptors (Lipinski definition) is 5. The molecular weight excluding hydrogens is 364 g/mol. The zero-order valence-electron chi connectivity index (χ0n) is 14.9. The third-order valence-corrected chi connectivity index (χ3v) is 4.79. The van der Waals surface area contributed by atoms with Gasteiger partial charge in [-0.1, -0.05) is 0 Å². The summed E-state index contributed by atoms with van der Waals surface area (Å²) in [5, 5.41) is 12.4. The third kappa shape index (κ3) is 3.36. The summed E-state index contributed by atoms with van der Waals surface area (Å²) in [7, 11) is 0. The van der Waals surface area contributed by atoms with Crippen LogP contribution in [0.1, 0.15) is 40.4 Å². The van der Waals surface area contributed by atoms with Crippen molar-refractivity contribution in [3.05, 3.63) is 54.2 Å². The summed E-state index contributed by atoms with van der Waals surface area (Å²) in [6.07, 6.45) is 3.67. The van der Waals surface area contributed by atoms with Gasteiger partial charge < -0.3 is 24.2 Å². The normalized spacial score (nSPS) is 16.9. The Bertz CT molecular complexity index is 1040. The predicted molar refractivity (Wildman–Crippen MR) is 99.2 cm³/mol. The van der Waals surface area contributed by atoms with Crippen molar-refractivity contribution in [1.82, 2.24) is 4.90 Å². The lowest BCUT2D eigenvalue weighted by Crippen LogP contribution is -2.49. The Morgan fingerprint density at radius 3 is 2.71 bits per heavy atom. The van der Waals surface area contributed by atoms with Gasteiger partial charge in [-0.25, -0.2) is 4.79 Å². The van der Waals surface area contributed by atoms with Crippen molar-refractivity contribution >= 4 is 34.4 Å². The minimum absolute atomic E-state index is 0.166. The first-order chi connectivity index (χ1) is 13.5. The Kier molecular flexibility index (Phi) is 4.60. The van der Waals surface area contributed by atoms with E-state index in [1.165, 1.54) is 17.2 Å². The molecule has 0 spiro atoms. The van der Waals surface area contributed by atoms with Crippen LogP contribution >= 0.6 is 0 Å². The molecular formula is C20H18N2O6. The number of aromatic carboxylic acids is 1. The molecule has 8 heteroatoms. The highest BCUT2D eigenvalue weighted by atomic mass is 16.4. The zero-order chi connectivity index (χ0) is 19.7. The second kappa shape index (κ2) is 7.22. The summed E-state index contributed by atoms with van der Waals surface area (Å²) in [4.78, 5) is 38.1. The van der Waals surface area contributed by atoms with Gasteiger partial charge in [0.1, 0.15) is 11.6 Å². The Morgan fingerprint density at radius 1 is 1.11 bits per heavy atom. The first kappa shape index (κ1) is 17.8. The molecule has 144 valence electrons. The van der Waals surface area contributed by atoms with Gasteiger partial charge in [0.25, 0.3) is 5.91 Å². The Hall–Kier alpha value is -3.55. The molecule has 1 aliphatic rings. The lowest BCUT2D eigenvalue weighted by Gasteiger charge is -2.34. The van der Waals surface area contributed by atoms with Crippen molar-refractivity contribution in [2.75, 3.05) is 11.9 Å². The summed E-state index contributed by atoms with van der Waals surface area (Å²) in [6, 6.07) is 8.91. The van der Waals surface area contributed by atoms with E-state index in [1.807, 2.05) is 0 Å². The van der Waals surface area contributed by atoms with Crippen LogP contribution in [0.25, 0.3) is 11.0 Å². The van der Waals surface area contributed by atoms with Crippen LogP contribution in [0.5, 0.6) is 0 Å². The van der Waals surface area contributed by atoms with Gasteiger partial charge in [0, 0.05) is 17.6 Å². The quantitative estimate of drug-likeness (QED) is 0.715. The minimum atomic E-state index is -1.16. The monoisotopic (exact) mass is 382 g/mol. The van der Waals surface area contributed by atoms with E-state index in [4.69, 9.17) is 13.9 Å². The molecule has 0 bridgehead atoms. The maximum Gasteiger partial charge on any atom is 0.371 e. The van der Waals surface area contributed by atoms with E-state index in [0.29, 0.717) is 29.6 Å². The van der Waals surface area contributed by atoms with Gasteiger partial charge in [-0.2, -0.15) is 0 Å². The molecule has 2 amide bonds. The number of hydrogen-bond donors (Lipinski definition) is 2. The average molecular weight is 382 g/mol. The molecule has 1 fully saturated rings. The van der Waals surface area contributed by atoms with Crippen LogP contribution in [0.15, 0.2) is 51.5 Å². The number of carboxylic acid groups (broad SMARTS) is 1. The van der Waals surface area contributed by atoms with E-state index in [9.17, 15) is 14.4 Å². The largest absolute Gasteiger partial charge is 0.475 e. The molecule has 1 aliphatic heterocycles. The fraction of sp³-hybridized carbons (Fsp3) is 0.250. The van der Waals surface area contributed by atoms with Gasteiger partial charge in [-0.05, 0) is 55.7 Å². The third-order valence-electron chi connectivity index (χ3n) is 4.79. The number of benzene rings is 1. The van der Waals surface area contributed by atoms with E-state index < -0.39 is 12.0 Å². The topological polar surface area (TPSA) is 113 Å². The summed E-state index contributed by atoms with van der Waals surface area (Å²) in [5.41, 5.74) is 0.925. The molecule has 1 unspecified atom stereocenters. The second-order valence-corrected chi connectivity index (χ2v) is 6.65. The van der Waals surface area contributed by atoms with Crippen molar-refractivity contribution in [2.24, 2.45) is 0 Å². The molecule has 0 saturated carbocycles. The van der Waals surface area contributed by atoms with Crippen LogP contribution in [0.4, 0.5) is 5.69 Å². The molecule has 2 aromatic heterocycles.